The first-order valence-electron chi connectivity index (χ1n) is 5.92. The molecule has 1 saturated heterocycles. The second-order valence-electron chi connectivity index (χ2n) is 4.73. The van der Waals surface area contributed by atoms with Crippen molar-refractivity contribution >= 4 is 16.0 Å². The van der Waals surface area contributed by atoms with Crippen molar-refractivity contribution < 1.29 is 63.3 Å². The van der Waals surface area contributed by atoms with Gasteiger partial charge in [0.1, 0.15) is 0 Å². The summed E-state index contributed by atoms with van der Waals surface area (Å²) >= 11 is 0. The minimum atomic E-state index is -5.78. The van der Waals surface area contributed by atoms with Crippen LogP contribution in [0, 0.1) is 6.42 Å². The van der Waals surface area contributed by atoms with Crippen LogP contribution in [0.4, 0.5) is 13.2 Å². The van der Waals surface area contributed by atoms with Gasteiger partial charge in [0, 0.05) is 32.7 Å². The van der Waals surface area contributed by atoms with Crippen LogP contribution in [0.1, 0.15) is 26.7 Å². The zero-order valence-corrected chi connectivity index (χ0v) is 15.1. The van der Waals surface area contributed by atoms with E-state index in [9.17, 15) is 26.4 Å². The van der Waals surface area contributed by atoms with Crippen molar-refractivity contribution in [2.24, 2.45) is 0 Å². The van der Waals surface area contributed by atoms with Gasteiger partial charge in [-0.1, -0.05) is 6.92 Å². The van der Waals surface area contributed by atoms with Gasteiger partial charge in [0.15, 0.2) is 5.76 Å². The number of rotatable bonds is 3. The van der Waals surface area contributed by atoms with E-state index in [-0.39, 0.29) is 57.7 Å². The summed E-state index contributed by atoms with van der Waals surface area (Å²) in [6.45, 7) is 3.21. The second kappa shape index (κ2) is 5.81. The van der Waals surface area contributed by atoms with Gasteiger partial charge in [-0.15, -0.1) is 13.0 Å². The topological polar surface area (TPSA) is 63.7 Å². The SMILES string of the molecule is CC[C@@]12C[CH-]CN1C(=O)C(C)=C2OS(=O)(=O)C(F)(F)F.[Y]. The molecule has 117 valence electrons. The molecule has 2 rings (SSSR count). The number of nitrogens with zero attached hydrogens (tertiary/aromatic N) is 1. The minimum Gasteiger partial charge on any atom is -0.378 e. The molecule has 1 fully saturated rings. The Morgan fingerprint density at radius 3 is 2.48 bits per heavy atom. The van der Waals surface area contributed by atoms with Crippen LogP contribution in [0.15, 0.2) is 11.3 Å². The maximum Gasteiger partial charge on any atom is 0.534 e. The molecule has 0 aromatic heterocycles. The normalized spacial score (nSPS) is 26.0. The summed E-state index contributed by atoms with van der Waals surface area (Å²) in [7, 11) is -5.78. The van der Waals surface area contributed by atoms with Crippen LogP contribution >= 0.6 is 0 Å². The fraction of sp³-hybridized carbons (Fsp3) is 0.636. The van der Waals surface area contributed by atoms with Crippen molar-refractivity contribution in [3.63, 3.8) is 0 Å². The molecule has 21 heavy (non-hydrogen) atoms. The molecule has 1 radical (unpaired) electrons. The first-order valence-corrected chi connectivity index (χ1v) is 7.33. The van der Waals surface area contributed by atoms with Gasteiger partial charge in [-0.2, -0.15) is 21.6 Å². The number of alkyl halides is 3. The average molecular weight is 401 g/mol. The predicted octanol–water partition coefficient (Wildman–Crippen LogP) is 1.72. The molecule has 0 spiro atoms. The van der Waals surface area contributed by atoms with Crippen LogP contribution in [-0.2, 0) is 51.8 Å². The summed E-state index contributed by atoms with van der Waals surface area (Å²) in [6.07, 6.45) is 2.27. The van der Waals surface area contributed by atoms with E-state index >= 15 is 0 Å². The average Bonchev–Trinajstić information content (AvgIpc) is 2.83. The molecule has 1 atom stereocenters. The van der Waals surface area contributed by atoms with Crippen LogP contribution in [0.25, 0.3) is 0 Å². The fourth-order valence-corrected chi connectivity index (χ4v) is 3.25. The van der Waals surface area contributed by atoms with Gasteiger partial charge in [-0.05, 0) is 13.3 Å². The summed E-state index contributed by atoms with van der Waals surface area (Å²) < 4.78 is 64.0. The summed E-state index contributed by atoms with van der Waals surface area (Å²) in [6, 6.07) is 0. The molecule has 0 bridgehead atoms. The molecule has 2 aliphatic heterocycles. The van der Waals surface area contributed by atoms with Gasteiger partial charge >= 0.3 is 15.6 Å². The molecule has 0 aromatic rings. The Labute approximate surface area is 145 Å². The van der Waals surface area contributed by atoms with E-state index in [0.29, 0.717) is 0 Å². The van der Waals surface area contributed by atoms with Crippen molar-refractivity contribution in [2.45, 2.75) is 37.7 Å². The molecule has 0 aliphatic carbocycles. The van der Waals surface area contributed by atoms with E-state index in [1.807, 2.05) is 0 Å². The third-order valence-electron chi connectivity index (χ3n) is 3.70. The Bertz CT molecular complexity index is 587. The van der Waals surface area contributed by atoms with E-state index in [1.165, 1.54) is 11.8 Å². The van der Waals surface area contributed by atoms with E-state index in [0.717, 1.165) is 0 Å². The summed E-state index contributed by atoms with van der Waals surface area (Å²) in [5.74, 6) is -0.899. The van der Waals surface area contributed by atoms with Crippen LogP contribution in [-0.4, -0.2) is 36.8 Å². The largest absolute Gasteiger partial charge is 0.534 e. The standard InChI is InChI=1S/C11H13F3NO4S.Y/c1-3-10-5-4-6-15(10)9(16)7(2)8(10)19-20(17,18)11(12,13)14;/h4H,3,5-6H2,1-2H3;/q-1;/t10-;/m0./s1. The number of carbonyl (C=O) groups excluding carboxylic acids is 1. The Balaban J connectivity index is 0.00000220. The maximum atomic E-state index is 12.4. The summed E-state index contributed by atoms with van der Waals surface area (Å²) in [5, 5.41) is 0. The number of halogens is 3. The molecular weight excluding hydrogens is 388 g/mol. The van der Waals surface area contributed by atoms with E-state index in [4.69, 9.17) is 0 Å². The van der Waals surface area contributed by atoms with Crippen molar-refractivity contribution in [1.29, 1.82) is 0 Å². The monoisotopic (exact) mass is 401 g/mol. The zero-order chi connectivity index (χ0) is 15.3. The molecule has 2 heterocycles. The minimum absolute atomic E-state index is 0. The number of carbonyl (C=O) groups is 1. The van der Waals surface area contributed by atoms with Crippen LogP contribution in [0.2, 0.25) is 0 Å². The Morgan fingerprint density at radius 2 is 2.00 bits per heavy atom. The zero-order valence-electron chi connectivity index (χ0n) is 11.4. The molecule has 10 heteroatoms. The first kappa shape index (κ1) is 18.9. The van der Waals surface area contributed by atoms with Crippen molar-refractivity contribution in [3.8, 4) is 0 Å². The van der Waals surface area contributed by atoms with Crippen molar-refractivity contribution in [2.75, 3.05) is 6.54 Å². The molecule has 0 unspecified atom stereocenters. The van der Waals surface area contributed by atoms with Crippen LogP contribution in [0.3, 0.4) is 0 Å². The van der Waals surface area contributed by atoms with Gasteiger partial charge < -0.3 is 15.5 Å². The quantitative estimate of drug-likeness (QED) is 0.411. The Hall–Kier alpha value is -0.146. The van der Waals surface area contributed by atoms with Gasteiger partial charge in [0.25, 0.3) is 5.91 Å². The van der Waals surface area contributed by atoms with Crippen LogP contribution in [0.5, 0.6) is 0 Å². The van der Waals surface area contributed by atoms with Crippen molar-refractivity contribution in [1.82, 2.24) is 4.90 Å². The predicted molar refractivity (Wildman–Crippen MR) is 62.4 cm³/mol. The van der Waals surface area contributed by atoms with Crippen molar-refractivity contribution in [3.05, 3.63) is 17.8 Å². The molecule has 0 aromatic carbocycles. The first-order chi connectivity index (χ1) is 9.07. The molecule has 0 saturated carbocycles. The van der Waals surface area contributed by atoms with E-state index < -0.39 is 32.8 Å². The number of hydrogen-bond donors (Lipinski definition) is 0. The van der Waals surface area contributed by atoms with Gasteiger partial charge in [0.05, 0.1) is 11.1 Å². The fourth-order valence-electron chi connectivity index (χ4n) is 2.65. The Kier molecular flexibility index (Phi) is 5.23. The number of fused-ring (bicyclic) bond motifs is 1. The van der Waals surface area contributed by atoms with E-state index in [2.05, 4.69) is 4.18 Å². The number of hydrogen-bond acceptors (Lipinski definition) is 4. The Morgan fingerprint density at radius 1 is 1.43 bits per heavy atom. The smallest absolute Gasteiger partial charge is 0.378 e. The molecule has 0 N–H and O–H groups in total. The van der Waals surface area contributed by atoms with Crippen LogP contribution < -0.4 is 0 Å². The molecular formula is C11H13F3NO4SY-. The van der Waals surface area contributed by atoms with Gasteiger partial charge in [0.2, 0.25) is 0 Å². The van der Waals surface area contributed by atoms with E-state index in [1.54, 1.807) is 13.3 Å². The third-order valence-corrected chi connectivity index (χ3v) is 4.65. The summed E-state index contributed by atoms with van der Waals surface area (Å²) in [4.78, 5) is 13.3. The molecule has 2 aliphatic rings. The van der Waals surface area contributed by atoms with Gasteiger partial charge in [-0.25, -0.2) is 0 Å². The maximum absolute atomic E-state index is 12.4. The number of amides is 1. The third kappa shape index (κ3) is 2.76. The summed E-state index contributed by atoms with van der Waals surface area (Å²) in [5.41, 5.74) is -6.72. The second-order valence-corrected chi connectivity index (χ2v) is 6.27. The molecule has 1 amide bonds. The van der Waals surface area contributed by atoms with Gasteiger partial charge in [-0.3, -0.25) is 4.79 Å². The molecule has 5 nitrogen and oxygen atoms in total.